The molecule has 0 saturated heterocycles. The molecule has 140 valence electrons. The Bertz CT molecular complexity index is 904. The van der Waals surface area contributed by atoms with Crippen LogP contribution in [0, 0.1) is 0 Å². The Morgan fingerprint density at radius 2 is 1.85 bits per heavy atom. The van der Waals surface area contributed by atoms with E-state index in [1.54, 1.807) is 24.5 Å². The van der Waals surface area contributed by atoms with E-state index < -0.39 is 0 Å². The quantitative estimate of drug-likeness (QED) is 0.536. The number of halogens is 1. The second-order valence-electron chi connectivity index (χ2n) is 6.22. The fourth-order valence-corrected chi connectivity index (χ4v) is 2.62. The fraction of sp³-hybridized carbons (Fsp3) is 0.211. The van der Waals surface area contributed by atoms with Crippen molar-refractivity contribution in [3.63, 3.8) is 0 Å². The number of nitrogens with one attached hydrogen (secondary N) is 2. The molecule has 3 aromatic rings. The number of rotatable bonds is 7. The molecule has 0 fully saturated rings. The molecule has 0 aliphatic rings. The number of benzene rings is 1. The lowest BCUT2D eigenvalue weighted by Gasteiger charge is -2.14. The standard InChI is InChI=1S/C19H21ClN6O/c1-26(2)10-9-22-19-24-17(13-5-7-21-8-6-13)12-18(25-19)23-16-4-3-14(27)11-15(16)20/h3-8,11-12,27H,9-10H2,1-2H3,(H2,22,23,24,25). The van der Waals surface area contributed by atoms with Crippen molar-refractivity contribution in [1.82, 2.24) is 19.9 Å². The van der Waals surface area contributed by atoms with E-state index in [-0.39, 0.29) is 5.75 Å². The van der Waals surface area contributed by atoms with Crippen LogP contribution in [0.3, 0.4) is 0 Å². The molecule has 3 rings (SSSR count). The van der Waals surface area contributed by atoms with Crippen LogP contribution < -0.4 is 10.6 Å². The predicted octanol–water partition coefficient (Wildman–Crippen LogP) is 3.61. The van der Waals surface area contributed by atoms with Crippen LogP contribution in [-0.4, -0.2) is 52.1 Å². The number of phenolic OH excluding ortho intramolecular Hbond substituents is 1. The molecule has 0 spiro atoms. The number of hydrogen-bond donors (Lipinski definition) is 3. The minimum absolute atomic E-state index is 0.108. The molecule has 3 N–H and O–H groups in total. The molecule has 27 heavy (non-hydrogen) atoms. The topological polar surface area (TPSA) is 86.2 Å². The summed E-state index contributed by atoms with van der Waals surface area (Å²) in [6, 6.07) is 10.4. The minimum atomic E-state index is 0.108. The molecule has 0 unspecified atom stereocenters. The van der Waals surface area contributed by atoms with Gasteiger partial charge in [0.25, 0.3) is 0 Å². The summed E-state index contributed by atoms with van der Waals surface area (Å²) >= 11 is 6.20. The normalized spacial score (nSPS) is 10.8. The van der Waals surface area contributed by atoms with Crippen LogP contribution in [0.4, 0.5) is 17.5 Å². The first-order valence-electron chi connectivity index (χ1n) is 8.45. The molecule has 7 nitrogen and oxygen atoms in total. The summed E-state index contributed by atoms with van der Waals surface area (Å²) < 4.78 is 0. The van der Waals surface area contributed by atoms with Gasteiger partial charge in [-0.15, -0.1) is 0 Å². The summed E-state index contributed by atoms with van der Waals surface area (Å²) in [5.74, 6) is 1.22. The molecule has 0 saturated carbocycles. The summed E-state index contributed by atoms with van der Waals surface area (Å²) in [6.07, 6.45) is 3.45. The molecule has 0 amide bonds. The number of anilines is 3. The highest BCUT2D eigenvalue weighted by Crippen LogP contribution is 2.29. The first kappa shape index (κ1) is 18.9. The Kier molecular flexibility index (Phi) is 6.05. The maximum Gasteiger partial charge on any atom is 0.225 e. The number of pyridine rings is 1. The van der Waals surface area contributed by atoms with Crippen molar-refractivity contribution in [3.8, 4) is 17.0 Å². The van der Waals surface area contributed by atoms with Gasteiger partial charge in [0.1, 0.15) is 11.6 Å². The van der Waals surface area contributed by atoms with Crippen LogP contribution in [-0.2, 0) is 0 Å². The highest BCUT2D eigenvalue weighted by atomic mass is 35.5. The third kappa shape index (κ3) is 5.29. The predicted molar refractivity (Wildman–Crippen MR) is 109 cm³/mol. The third-order valence-corrected chi connectivity index (χ3v) is 4.07. The van der Waals surface area contributed by atoms with Crippen molar-refractivity contribution in [2.45, 2.75) is 0 Å². The van der Waals surface area contributed by atoms with E-state index in [9.17, 15) is 5.11 Å². The van der Waals surface area contributed by atoms with E-state index >= 15 is 0 Å². The van der Waals surface area contributed by atoms with Gasteiger partial charge in [0, 0.05) is 43.2 Å². The van der Waals surface area contributed by atoms with Crippen molar-refractivity contribution >= 4 is 29.1 Å². The molecule has 0 aliphatic carbocycles. The number of aromatic nitrogens is 3. The lowest BCUT2D eigenvalue weighted by atomic mass is 10.2. The van der Waals surface area contributed by atoms with Gasteiger partial charge in [-0.3, -0.25) is 4.98 Å². The van der Waals surface area contributed by atoms with Crippen molar-refractivity contribution < 1.29 is 5.11 Å². The van der Waals surface area contributed by atoms with Crippen LogP contribution in [0.2, 0.25) is 5.02 Å². The van der Waals surface area contributed by atoms with Gasteiger partial charge in [-0.25, -0.2) is 4.98 Å². The maximum atomic E-state index is 9.52. The van der Waals surface area contributed by atoms with Crippen molar-refractivity contribution in [2.75, 3.05) is 37.8 Å². The number of hydrogen-bond acceptors (Lipinski definition) is 7. The van der Waals surface area contributed by atoms with Gasteiger partial charge in [-0.2, -0.15) is 4.98 Å². The van der Waals surface area contributed by atoms with E-state index in [1.165, 1.54) is 6.07 Å². The summed E-state index contributed by atoms with van der Waals surface area (Å²) in [5.41, 5.74) is 2.34. The van der Waals surface area contributed by atoms with E-state index in [0.717, 1.165) is 17.8 Å². The second-order valence-corrected chi connectivity index (χ2v) is 6.62. The van der Waals surface area contributed by atoms with Crippen molar-refractivity contribution in [2.24, 2.45) is 0 Å². The van der Waals surface area contributed by atoms with Gasteiger partial charge < -0.3 is 20.6 Å². The second kappa shape index (κ2) is 8.66. The number of likely N-dealkylation sites (N-methyl/N-ethyl adjacent to an activating group) is 1. The van der Waals surface area contributed by atoms with E-state index in [1.807, 2.05) is 32.3 Å². The van der Waals surface area contributed by atoms with Gasteiger partial charge in [0.2, 0.25) is 5.95 Å². The summed E-state index contributed by atoms with van der Waals surface area (Å²) in [5, 5.41) is 16.4. The van der Waals surface area contributed by atoms with E-state index in [4.69, 9.17) is 11.6 Å². The highest BCUT2D eigenvalue weighted by molar-refractivity contribution is 6.33. The number of nitrogens with zero attached hydrogens (tertiary/aromatic N) is 4. The first-order valence-corrected chi connectivity index (χ1v) is 8.82. The van der Waals surface area contributed by atoms with Crippen LogP contribution >= 0.6 is 11.6 Å². The number of aromatic hydroxyl groups is 1. The van der Waals surface area contributed by atoms with Crippen LogP contribution in [0.25, 0.3) is 11.3 Å². The Balaban J connectivity index is 1.91. The molecule has 0 aliphatic heterocycles. The molecule has 8 heteroatoms. The van der Waals surface area contributed by atoms with Gasteiger partial charge in [-0.05, 0) is 38.4 Å². The van der Waals surface area contributed by atoms with E-state index in [2.05, 4.69) is 30.5 Å². The average molecular weight is 385 g/mol. The van der Waals surface area contributed by atoms with Gasteiger partial charge in [0.05, 0.1) is 16.4 Å². The molecule has 0 atom stereocenters. The zero-order chi connectivity index (χ0) is 19.2. The SMILES string of the molecule is CN(C)CCNc1nc(Nc2ccc(O)cc2Cl)cc(-c2ccncc2)n1. The molecule has 2 aromatic heterocycles. The summed E-state index contributed by atoms with van der Waals surface area (Å²) in [6.45, 7) is 1.57. The molecule has 0 bridgehead atoms. The Morgan fingerprint density at radius 3 is 2.56 bits per heavy atom. The Labute approximate surface area is 163 Å². The number of phenols is 1. The average Bonchev–Trinajstić information content (AvgIpc) is 2.64. The zero-order valence-electron chi connectivity index (χ0n) is 15.1. The Hall–Kier alpha value is -2.90. The molecule has 0 radical (unpaired) electrons. The third-order valence-electron chi connectivity index (χ3n) is 3.76. The minimum Gasteiger partial charge on any atom is -0.508 e. The van der Waals surface area contributed by atoms with Crippen LogP contribution in [0.1, 0.15) is 0 Å². The lowest BCUT2D eigenvalue weighted by Crippen LogP contribution is -2.21. The van der Waals surface area contributed by atoms with Crippen molar-refractivity contribution in [1.29, 1.82) is 0 Å². The molecular weight excluding hydrogens is 364 g/mol. The molecule has 2 heterocycles. The van der Waals surface area contributed by atoms with Crippen LogP contribution in [0.5, 0.6) is 5.75 Å². The highest BCUT2D eigenvalue weighted by Gasteiger charge is 2.09. The van der Waals surface area contributed by atoms with Gasteiger partial charge in [0.15, 0.2) is 0 Å². The zero-order valence-corrected chi connectivity index (χ0v) is 15.9. The Morgan fingerprint density at radius 1 is 1.07 bits per heavy atom. The van der Waals surface area contributed by atoms with E-state index in [0.29, 0.717) is 29.0 Å². The van der Waals surface area contributed by atoms with Gasteiger partial charge >= 0.3 is 0 Å². The lowest BCUT2D eigenvalue weighted by molar-refractivity contribution is 0.425. The fourth-order valence-electron chi connectivity index (χ4n) is 2.40. The summed E-state index contributed by atoms with van der Waals surface area (Å²) in [7, 11) is 4.02. The largest absolute Gasteiger partial charge is 0.508 e. The van der Waals surface area contributed by atoms with Crippen LogP contribution in [0.15, 0.2) is 48.8 Å². The van der Waals surface area contributed by atoms with Crippen molar-refractivity contribution in [3.05, 3.63) is 53.8 Å². The summed E-state index contributed by atoms with van der Waals surface area (Å²) in [4.78, 5) is 15.3. The smallest absolute Gasteiger partial charge is 0.225 e. The molecule has 1 aromatic carbocycles. The first-order chi connectivity index (χ1) is 13.0. The molecular formula is C19H21ClN6O. The monoisotopic (exact) mass is 384 g/mol. The van der Waals surface area contributed by atoms with Gasteiger partial charge in [-0.1, -0.05) is 11.6 Å². The maximum absolute atomic E-state index is 9.52.